The van der Waals surface area contributed by atoms with Crippen molar-refractivity contribution in [3.8, 4) is 0 Å². The molecule has 0 fully saturated rings. The minimum Gasteiger partial charge on any atom is -0.463 e. The number of ether oxygens (including phenoxy) is 3. The molecule has 0 aliphatic rings. The molecule has 0 bridgehead atoms. The molecule has 0 aromatic heterocycles. The Kier molecular flexibility index (Phi) is 58.2. The Morgan fingerprint density at radius 1 is 0.341 bits per heavy atom. The van der Waals surface area contributed by atoms with Gasteiger partial charge in [0.25, 0.3) is 0 Å². The summed E-state index contributed by atoms with van der Waals surface area (Å²) in [5.41, 5.74) is 0. The van der Waals surface area contributed by atoms with Crippen molar-refractivity contribution in [1.29, 1.82) is 0 Å². The number of hydrogen-bond acceptors (Lipinski definition) is 14. The first-order valence-electron chi connectivity index (χ1n) is 32.5. The number of phosphoric acid groups is 2. The van der Waals surface area contributed by atoms with Crippen LogP contribution in [0.2, 0.25) is 0 Å². The van der Waals surface area contributed by atoms with Gasteiger partial charge in [-0.3, -0.25) is 32.5 Å². The van der Waals surface area contributed by atoms with E-state index in [4.69, 9.17) is 32.3 Å². The summed E-state index contributed by atoms with van der Waals surface area (Å²) in [4.78, 5) is 58.3. The lowest BCUT2D eigenvalue weighted by Crippen LogP contribution is -2.30. The first-order valence-corrected chi connectivity index (χ1v) is 35.5. The summed E-state index contributed by atoms with van der Waals surface area (Å²) < 4.78 is 60.8. The van der Waals surface area contributed by atoms with Gasteiger partial charge in [0, 0.05) is 19.3 Å². The topological polar surface area (TPSA) is 231 Å². The number of esters is 3. The van der Waals surface area contributed by atoms with E-state index in [-0.39, 0.29) is 19.3 Å². The molecule has 0 rings (SSSR count). The minimum atomic E-state index is -4.93. The van der Waals surface area contributed by atoms with Crippen LogP contribution < -0.4 is 0 Å². The van der Waals surface area contributed by atoms with Crippen LogP contribution in [-0.4, -0.2) is 95.9 Å². The minimum absolute atomic E-state index is 0.100. The fourth-order valence-corrected chi connectivity index (χ4v) is 9.96. The lowest BCUT2D eigenvalue weighted by molar-refractivity contribution is -0.161. The van der Waals surface area contributed by atoms with Crippen molar-refractivity contribution in [1.82, 2.24) is 0 Å². The van der Waals surface area contributed by atoms with Crippen molar-refractivity contribution in [2.45, 2.75) is 270 Å². The van der Waals surface area contributed by atoms with E-state index in [1.54, 1.807) is 0 Å². The Balaban J connectivity index is 4.74. The van der Waals surface area contributed by atoms with E-state index in [0.717, 1.165) is 128 Å². The number of carbonyl (C=O) groups is 3. The van der Waals surface area contributed by atoms with E-state index in [0.29, 0.717) is 19.3 Å². The van der Waals surface area contributed by atoms with E-state index in [2.05, 4.69) is 118 Å². The van der Waals surface area contributed by atoms with Crippen LogP contribution in [0.3, 0.4) is 0 Å². The lowest BCUT2D eigenvalue weighted by Gasteiger charge is -2.21. The summed E-state index contributed by atoms with van der Waals surface area (Å²) in [6.45, 7) is 2.38. The highest BCUT2D eigenvalue weighted by Crippen LogP contribution is 2.45. The Labute approximate surface area is 514 Å². The molecule has 85 heavy (non-hydrogen) atoms. The number of phosphoric ester groups is 2. The van der Waals surface area contributed by atoms with Crippen molar-refractivity contribution in [2.24, 2.45) is 0 Å². The molecule has 5 unspecified atom stereocenters. The van der Waals surface area contributed by atoms with Crippen LogP contribution in [0.5, 0.6) is 0 Å². The van der Waals surface area contributed by atoms with Gasteiger partial charge in [-0.15, -0.1) is 0 Å². The van der Waals surface area contributed by atoms with E-state index in [9.17, 15) is 43.5 Å². The zero-order valence-electron chi connectivity index (χ0n) is 52.8. The maximum absolute atomic E-state index is 12.9. The molecule has 0 aromatic carbocycles. The highest BCUT2D eigenvalue weighted by Gasteiger charge is 2.29. The second kappa shape index (κ2) is 60.7. The molecule has 18 heteroatoms. The first kappa shape index (κ1) is 81.5. The smallest absolute Gasteiger partial charge is 0.463 e. The molecule has 5 atom stereocenters. The van der Waals surface area contributed by atoms with Gasteiger partial charge in [-0.05, 0) is 96.3 Å². The average Bonchev–Trinajstić information content (AvgIpc) is 3.48. The number of aliphatic hydroxyl groups excluding tert-OH is 2. The average molecular weight is 1240 g/mol. The fraction of sp³-hybridized carbons (Fsp3) is 0.716. The number of hydrogen-bond donors (Lipinski definition) is 4. The Morgan fingerprint density at radius 2 is 0.624 bits per heavy atom. The molecule has 0 amide bonds. The second-order valence-corrected chi connectivity index (χ2v) is 24.4. The number of allylic oxidation sites excluding steroid dienone is 16. The molecule has 0 heterocycles. The highest BCUT2D eigenvalue weighted by atomic mass is 31.2. The van der Waals surface area contributed by atoms with Crippen molar-refractivity contribution in [3.05, 3.63) is 97.2 Å². The van der Waals surface area contributed by atoms with Crippen molar-refractivity contribution < 1.29 is 75.8 Å². The van der Waals surface area contributed by atoms with E-state index < -0.39 is 91.5 Å². The molecular weight excluding hydrogens is 1120 g/mol. The number of unbranched alkanes of at least 4 members (excludes halogenated alkanes) is 22. The van der Waals surface area contributed by atoms with Crippen LogP contribution in [0, 0.1) is 0 Å². The zero-order chi connectivity index (χ0) is 62.4. The summed E-state index contributed by atoms with van der Waals surface area (Å²) >= 11 is 0. The molecule has 4 N–H and O–H groups in total. The number of aliphatic hydroxyl groups is 2. The third-order valence-electron chi connectivity index (χ3n) is 13.3. The van der Waals surface area contributed by atoms with E-state index in [1.165, 1.54) is 64.2 Å². The van der Waals surface area contributed by atoms with Crippen LogP contribution in [0.15, 0.2) is 97.2 Å². The summed E-state index contributed by atoms with van der Waals surface area (Å²) in [7, 11) is -9.78. The number of rotatable bonds is 61. The van der Waals surface area contributed by atoms with Crippen molar-refractivity contribution in [2.75, 3.05) is 39.6 Å². The molecule has 0 spiro atoms. The zero-order valence-corrected chi connectivity index (χ0v) is 54.5. The predicted molar refractivity (Wildman–Crippen MR) is 344 cm³/mol. The maximum atomic E-state index is 12.9. The summed E-state index contributed by atoms with van der Waals surface area (Å²) in [6.07, 6.45) is 64.6. The summed E-state index contributed by atoms with van der Waals surface area (Å²) in [6, 6.07) is 0. The molecular formula is C67H116O16P2. The van der Waals surface area contributed by atoms with Gasteiger partial charge in [0.2, 0.25) is 0 Å². The quantitative estimate of drug-likeness (QED) is 0.0146. The molecule has 490 valence electrons. The normalized spacial score (nSPS) is 15.0. The van der Waals surface area contributed by atoms with E-state index >= 15 is 0 Å². The van der Waals surface area contributed by atoms with Crippen LogP contribution >= 0.6 is 15.6 Å². The lowest BCUT2D eigenvalue weighted by atomic mass is 10.0. The first-order chi connectivity index (χ1) is 41.2. The van der Waals surface area contributed by atoms with Crippen LogP contribution in [0.25, 0.3) is 0 Å². The SMILES string of the molecule is CC/C=C\C/C=C\C/C=C\C/C=C\CCCCCCC(=O)OCC(O)COP(=O)(O)OCC(O)COP(=O)(O)OCC(COC(=O)CCCCCC/C=C\C/C=C\C/C=C\C/C=C\CC)OC(=O)CCCCCCCCCCCCCCCCC. The van der Waals surface area contributed by atoms with Gasteiger partial charge in [-0.1, -0.05) is 234 Å². The van der Waals surface area contributed by atoms with Gasteiger partial charge >= 0.3 is 33.6 Å². The standard InChI is InChI=1S/C67H116O16P2/c1-4-7-10-13-16-19-22-25-28-30-33-35-38-41-44-47-50-53-65(70)77-56-62(68)57-79-84(73,74)80-58-63(69)59-81-85(75,76)82-61-64(83-67(72)55-52-49-46-43-40-37-32-27-24-21-18-15-12-9-6-3)60-78-66(71)54-51-48-45-42-39-36-34-31-29-26-23-20-17-14-11-8-5-2/h7-8,10-11,16-17,19-20,25-26,28-29,33-36,62-64,68-69H,4-6,9,12-15,18,21-24,27,30-32,37-61H2,1-3H3,(H,73,74)(H,75,76)/b10-7-,11-8-,19-16-,20-17-,28-25-,29-26-,35-33-,36-34-. The third kappa shape index (κ3) is 61.9. The number of carbonyl (C=O) groups excluding carboxylic acids is 3. The van der Waals surface area contributed by atoms with Crippen LogP contribution in [-0.2, 0) is 55.8 Å². The summed E-state index contributed by atoms with van der Waals surface area (Å²) in [5, 5.41) is 20.5. The van der Waals surface area contributed by atoms with Gasteiger partial charge in [0.05, 0.1) is 26.4 Å². The van der Waals surface area contributed by atoms with Gasteiger partial charge < -0.3 is 34.2 Å². The predicted octanol–water partition coefficient (Wildman–Crippen LogP) is 17.5. The largest absolute Gasteiger partial charge is 0.472 e. The van der Waals surface area contributed by atoms with Crippen molar-refractivity contribution in [3.63, 3.8) is 0 Å². The monoisotopic (exact) mass is 1240 g/mol. The second-order valence-electron chi connectivity index (χ2n) is 21.5. The third-order valence-corrected chi connectivity index (χ3v) is 15.2. The van der Waals surface area contributed by atoms with Gasteiger partial charge in [0.1, 0.15) is 25.4 Å². The van der Waals surface area contributed by atoms with Gasteiger partial charge in [-0.25, -0.2) is 9.13 Å². The van der Waals surface area contributed by atoms with Gasteiger partial charge in [-0.2, -0.15) is 0 Å². The highest BCUT2D eigenvalue weighted by molar-refractivity contribution is 7.47. The molecule has 0 aliphatic heterocycles. The molecule has 0 aliphatic carbocycles. The molecule has 0 saturated carbocycles. The van der Waals surface area contributed by atoms with Gasteiger partial charge in [0.15, 0.2) is 6.10 Å². The van der Waals surface area contributed by atoms with Crippen LogP contribution in [0.4, 0.5) is 0 Å². The molecule has 16 nitrogen and oxygen atoms in total. The Morgan fingerprint density at radius 3 is 0.988 bits per heavy atom. The Hall–Kier alpha value is -3.53. The molecule has 0 aromatic rings. The van der Waals surface area contributed by atoms with Crippen LogP contribution in [0.1, 0.15) is 252 Å². The summed E-state index contributed by atoms with van der Waals surface area (Å²) in [5.74, 6) is -1.62. The maximum Gasteiger partial charge on any atom is 0.472 e. The fourth-order valence-electron chi connectivity index (χ4n) is 8.38. The molecule has 0 saturated heterocycles. The molecule has 0 radical (unpaired) electrons. The Bertz CT molecular complexity index is 1940. The van der Waals surface area contributed by atoms with E-state index in [1.807, 2.05) is 0 Å². The van der Waals surface area contributed by atoms with Crippen molar-refractivity contribution >= 4 is 33.6 Å².